The lowest BCUT2D eigenvalue weighted by molar-refractivity contribution is -0.139. The Bertz CT molecular complexity index is 240. The van der Waals surface area contributed by atoms with Gasteiger partial charge in [0.2, 0.25) is 0 Å². The zero-order valence-electron chi connectivity index (χ0n) is 8.88. The van der Waals surface area contributed by atoms with E-state index in [0.29, 0.717) is 5.57 Å². The van der Waals surface area contributed by atoms with Crippen molar-refractivity contribution in [1.82, 2.24) is 0 Å². The summed E-state index contributed by atoms with van der Waals surface area (Å²) in [7, 11) is 0. The van der Waals surface area contributed by atoms with Gasteiger partial charge in [-0.1, -0.05) is 26.3 Å². The molecule has 0 saturated carbocycles. The SMILES string of the molecule is C=C(C)C(=O)OCC(C#N)CCCC. The molecule has 0 aromatic carbocycles. The molecule has 1 unspecified atom stereocenters. The fourth-order valence-corrected chi connectivity index (χ4v) is 0.935. The van der Waals surface area contributed by atoms with Gasteiger partial charge < -0.3 is 4.74 Å². The van der Waals surface area contributed by atoms with Gasteiger partial charge in [-0.3, -0.25) is 0 Å². The molecular formula is C11H17NO2. The van der Waals surface area contributed by atoms with Gasteiger partial charge in [0.25, 0.3) is 0 Å². The lowest BCUT2D eigenvalue weighted by Gasteiger charge is -2.08. The molecule has 14 heavy (non-hydrogen) atoms. The quantitative estimate of drug-likeness (QED) is 0.483. The van der Waals surface area contributed by atoms with Crippen LogP contribution in [0.1, 0.15) is 33.1 Å². The number of rotatable bonds is 6. The van der Waals surface area contributed by atoms with Crippen LogP contribution in [-0.2, 0) is 9.53 Å². The summed E-state index contributed by atoms with van der Waals surface area (Å²) < 4.78 is 4.89. The molecule has 0 aromatic heterocycles. The van der Waals surface area contributed by atoms with E-state index in [9.17, 15) is 4.79 Å². The highest BCUT2D eigenvalue weighted by molar-refractivity contribution is 5.86. The second kappa shape index (κ2) is 7.14. The average molecular weight is 195 g/mol. The minimum absolute atomic E-state index is 0.182. The van der Waals surface area contributed by atoms with Gasteiger partial charge >= 0.3 is 5.97 Å². The van der Waals surface area contributed by atoms with Crippen molar-refractivity contribution in [2.75, 3.05) is 6.61 Å². The predicted molar refractivity (Wildman–Crippen MR) is 54.4 cm³/mol. The van der Waals surface area contributed by atoms with E-state index in [-0.39, 0.29) is 12.5 Å². The Hall–Kier alpha value is -1.30. The van der Waals surface area contributed by atoms with Crippen LogP contribution in [-0.4, -0.2) is 12.6 Å². The molecule has 0 fully saturated rings. The van der Waals surface area contributed by atoms with Crippen molar-refractivity contribution in [2.45, 2.75) is 33.1 Å². The van der Waals surface area contributed by atoms with Crippen LogP contribution in [0, 0.1) is 17.2 Å². The maximum Gasteiger partial charge on any atom is 0.333 e. The molecule has 78 valence electrons. The lowest BCUT2D eigenvalue weighted by atomic mass is 10.1. The van der Waals surface area contributed by atoms with Crippen LogP contribution in [0.3, 0.4) is 0 Å². The zero-order valence-corrected chi connectivity index (χ0v) is 8.88. The molecule has 0 amide bonds. The first kappa shape index (κ1) is 12.7. The van der Waals surface area contributed by atoms with Crippen LogP contribution in [0.25, 0.3) is 0 Å². The molecule has 0 aliphatic rings. The van der Waals surface area contributed by atoms with E-state index >= 15 is 0 Å². The largest absolute Gasteiger partial charge is 0.461 e. The second-order valence-electron chi connectivity index (χ2n) is 3.35. The standard InChI is InChI=1S/C11H17NO2/c1-4-5-6-10(7-12)8-14-11(13)9(2)3/h10H,2,4-6,8H2,1,3H3. The zero-order chi connectivity index (χ0) is 11.0. The molecular weight excluding hydrogens is 178 g/mol. The van der Waals surface area contributed by atoms with Gasteiger partial charge in [0.15, 0.2) is 0 Å². The smallest absolute Gasteiger partial charge is 0.333 e. The topological polar surface area (TPSA) is 50.1 Å². The van der Waals surface area contributed by atoms with Gasteiger partial charge in [-0.2, -0.15) is 5.26 Å². The molecule has 0 rings (SSSR count). The second-order valence-corrected chi connectivity index (χ2v) is 3.35. The highest BCUT2D eigenvalue weighted by atomic mass is 16.5. The van der Waals surface area contributed by atoms with Gasteiger partial charge in [-0.15, -0.1) is 0 Å². The first-order valence-corrected chi connectivity index (χ1v) is 4.84. The van der Waals surface area contributed by atoms with Crippen LogP contribution >= 0.6 is 0 Å². The number of nitriles is 1. The number of unbranched alkanes of at least 4 members (excludes halogenated alkanes) is 1. The molecule has 1 atom stereocenters. The van der Waals surface area contributed by atoms with Crippen molar-refractivity contribution in [3.8, 4) is 6.07 Å². The molecule has 3 heteroatoms. The predicted octanol–water partition coefficient (Wildman–Crippen LogP) is 2.44. The Morgan fingerprint density at radius 3 is 2.71 bits per heavy atom. The minimum Gasteiger partial charge on any atom is -0.461 e. The summed E-state index contributed by atoms with van der Waals surface area (Å²) in [6.07, 6.45) is 2.83. The first-order chi connectivity index (χ1) is 6.61. The fraction of sp³-hybridized carbons (Fsp3) is 0.636. The summed E-state index contributed by atoms with van der Waals surface area (Å²) in [4.78, 5) is 11.0. The number of carbonyl (C=O) groups excluding carboxylic acids is 1. The monoisotopic (exact) mass is 195 g/mol. The van der Waals surface area contributed by atoms with Gasteiger partial charge in [-0.05, 0) is 13.3 Å². The molecule has 0 saturated heterocycles. The van der Waals surface area contributed by atoms with E-state index in [2.05, 4.69) is 19.6 Å². The third-order valence-electron chi connectivity index (χ3n) is 1.85. The molecule has 0 N–H and O–H groups in total. The van der Waals surface area contributed by atoms with Crippen LogP contribution in [0.5, 0.6) is 0 Å². The van der Waals surface area contributed by atoms with Crippen molar-refractivity contribution >= 4 is 5.97 Å². The number of esters is 1. The highest BCUT2D eigenvalue weighted by Gasteiger charge is 2.10. The highest BCUT2D eigenvalue weighted by Crippen LogP contribution is 2.08. The van der Waals surface area contributed by atoms with E-state index in [4.69, 9.17) is 10.00 Å². The van der Waals surface area contributed by atoms with Crippen LogP contribution in [0.4, 0.5) is 0 Å². The van der Waals surface area contributed by atoms with Crippen molar-refractivity contribution in [3.05, 3.63) is 12.2 Å². The summed E-state index contributed by atoms with van der Waals surface area (Å²) in [5.74, 6) is -0.597. The maximum absolute atomic E-state index is 11.0. The summed E-state index contributed by atoms with van der Waals surface area (Å²) in [5.41, 5.74) is 0.372. The first-order valence-electron chi connectivity index (χ1n) is 4.84. The van der Waals surface area contributed by atoms with E-state index in [0.717, 1.165) is 19.3 Å². The number of ether oxygens (including phenoxy) is 1. The number of carbonyl (C=O) groups is 1. The molecule has 0 aromatic rings. The Balaban J connectivity index is 3.79. The normalized spacial score (nSPS) is 11.5. The fourth-order valence-electron chi connectivity index (χ4n) is 0.935. The molecule has 0 spiro atoms. The van der Waals surface area contributed by atoms with Crippen LogP contribution < -0.4 is 0 Å². The molecule has 0 aliphatic heterocycles. The Labute approximate surface area is 85.4 Å². The summed E-state index contributed by atoms with van der Waals surface area (Å²) in [5, 5.41) is 8.74. The van der Waals surface area contributed by atoms with E-state index in [1.165, 1.54) is 0 Å². The minimum atomic E-state index is -0.415. The number of hydrogen-bond acceptors (Lipinski definition) is 3. The Morgan fingerprint density at radius 2 is 2.29 bits per heavy atom. The molecule has 0 aliphatic carbocycles. The maximum atomic E-state index is 11.0. The lowest BCUT2D eigenvalue weighted by Crippen LogP contribution is -2.13. The van der Waals surface area contributed by atoms with E-state index in [1.54, 1.807) is 6.92 Å². The molecule has 0 radical (unpaired) electrons. The van der Waals surface area contributed by atoms with Crippen LogP contribution in [0.15, 0.2) is 12.2 Å². The van der Waals surface area contributed by atoms with Crippen molar-refractivity contribution < 1.29 is 9.53 Å². The van der Waals surface area contributed by atoms with E-state index in [1.807, 2.05) is 0 Å². The van der Waals surface area contributed by atoms with Crippen molar-refractivity contribution in [1.29, 1.82) is 5.26 Å². The summed E-state index contributed by atoms with van der Waals surface area (Å²) in [6, 6.07) is 2.12. The van der Waals surface area contributed by atoms with Crippen molar-refractivity contribution in [2.24, 2.45) is 5.92 Å². The van der Waals surface area contributed by atoms with Gasteiger partial charge in [0, 0.05) is 5.57 Å². The van der Waals surface area contributed by atoms with Gasteiger partial charge in [-0.25, -0.2) is 4.79 Å². The summed E-state index contributed by atoms with van der Waals surface area (Å²) in [6.45, 7) is 7.30. The van der Waals surface area contributed by atoms with Crippen LogP contribution in [0.2, 0.25) is 0 Å². The third kappa shape index (κ3) is 5.36. The number of nitrogens with zero attached hydrogens (tertiary/aromatic N) is 1. The average Bonchev–Trinajstić information content (AvgIpc) is 2.17. The third-order valence-corrected chi connectivity index (χ3v) is 1.85. The molecule has 0 heterocycles. The number of hydrogen-bond donors (Lipinski definition) is 0. The molecule has 0 bridgehead atoms. The van der Waals surface area contributed by atoms with Gasteiger partial charge in [0.05, 0.1) is 12.0 Å². The van der Waals surface area contributed by atoms with E-state index < -0.39 is 5.97 Å². The molecule has 3 nitrogen and oxygen atoms in total. The Morgan fingerprint density at radius 1 is 1.64 bits per heavy atom. The summed E-state index contributed by atoms with van der Waals surface area (Å²) >= 11 is 0. The van der Waals surface area contributed by atoms with Gasteiger partial charge in [0.1, 0.15) is 6.61 Å². The Kier molecular flexibility index (Phi) is 6.47. The van der Waals surface area contributed by atoms with Crippen molar-refractivity contribution in [3.63, 3.8) is 0 Å².